The predicted octanol–water partition coefficient (Wildman–Crippen LogP) is 7.00. The molecule has 2 aliphatic rings. The molecule has 8 rings (SSSR count). The van der Waals surface area contributed by atoms with Gasteiger partial charge in [-0.15, -0.1) is 0 Å². The van der Waals surface area contributed by atoms with Crippen LogP contribution in [0.5, 0.6) is 23.0 Å². The Morgan fingerprint density at radius 1 is 0.623 bits per heavy atom. The molecule has 3 amide bonds. The lowest BCUT2D eigenvalue weighted by Crippen LogP contribution is -2.43. The van der Waals surface area contributed by atoms with Gasteiger partial charge < -0.3 is 54.0 Å². The third kappa shape index (κ3) is 13.7. The predicted molar refractivity (Wildman–Crippen MR) is 254 cm³/mol. The molecular formula is C48H52Cl2N8O11. The first-order chi connectivity index (χ1) is 33.3. The molecule has 21 heteroatoms. The zero-order valence-electron chi connectivity index (χ0n) is 38.4. The van der Waals surface area contributed by atoms with Crippen molar-refractivity contribution >= 4 is 46.9 Å². The molecule has 0 aliphatic carbocycles. The number of carboxylic acid groups (broad SMARTS) is 1. The first kappa shape index (κ1) is 51.2. The molecule has 2 fully saturated rings. The Morgan fingerprint density at radius 2 is 1.03 bits per heavy atom. The van der Waals surface area contributed by atoms with Gasteiger partial charge in [0.2, 0.25) is 35.2 Å². The number of aromatic nitrogens is 4. The molecule has 0 saturated carbocycles. The first-order valence-corrected chi connectivity index (χ1v) is 22.5. The summed E-state index contributed by atoms with van der Waals surface area (Å²) in [5, 5.41) is 20.4. The Morgan fingerprint density at radius 3 is 1.42 bits per heavy atom. The summed E-state index contributed by atoms with van der Waals surface area (Å²) in [5.74, 6) is 3.42. The number of methoxy groups -OCH3 is 4. The number of piperidine rings is 2. The summed E-state index contributed by atoms with van der Waals surface area (Å²) < 4.78 is 32.1. The number of amides is 3. The van der Waals surface area contributed by atoms with Crippen molar-refractivity contribution in [1.82, 2.24) is 35.4 Å². The number of nitrogens with two attached hydrogens (primary N) is 1. The van der Waals surface area contributed by atoms with E-state index >= 15 is 0 Å². The molecule has 2 saturated heterocycles. The van der Waals surface area contributed by atoms with Crippen LogP contribution in [0.3, 0.4) is 0 Å². The van der Waals surface area contributed by atoms with Crippen molar-refractivity contribution in [3.8, 4) is 45.8 Å². The number of nitrogens with one attached hydrogen (secondary N) is 1. The highest BCUT2D eigenvalue weighted by Gasteiger charge is 2.29. The monoisotopic (exact) mass is 986 g/mol. The van der Waals surface area contributed by atoms with Gasteiger partial charge in [0, 0.05) is 64.8 Å². The van der Waals surface area contributed by atoms with Crippen LogP contribution in [0.2, 0.25) is 10.0 Å². The molecule has 4 aromatic carbocycles. The van der Waals surface area contributed by atoms with Gasteiger partial charge in [-0.2, -0.15) is 9.97 Å². The van der Waals surface area contributed by atoms with Gasteiger partial charge in [-0.25, -0.2) is 4.79 Å². The minimum atomic E-state index is -0.934. The minimum Gasteiger partial charge on any atom is -0.493 e. The van der Waals surface area contributed by atoms with Crippen molar-refractivity contribution in [2.45, 2.75) is 37.5 Å². The van der Waals surface area contributed by atoms with Crippen molar-refractivity contribution < 1.29 is 52.3 Å². The maximum absolute atomic E-state index is 12.5. The molecule has 19 nitrogen and oxygen atoms in total. The second kappa shape index (κ2) is 24.7. The number of rotatable bonds is 13. The van der Waals surface area contributed by atoms with E-state index in [-0.39, 0.29) is 48.2 Å². The van der Waals surface area contributed by atoms with Gasteiger partial charge in [0.15, 0.2) is 23.0 Å². The third-order valence-electron chi connectivity index (χ3n) is 11.3. The normalized spacial score (nSPS) is 13.8. The van der Waals surface area contributed by atoms with Crippen molar-refractivity contribution in [3.05, 3.63) is 118 Å². The second-order valence-electron chi connectivity index (χ2n) is 15.6. The number of nitrogens with zero attached hydrogens (tertiary/aromatic N) is 6. The molecule has 69 heavy (non-hydrogen) atoms. The minimum absolute atomic E-state index is 0.0185. The third-order valence-corrected chi connectivity index (χ3v) is 11.8. The lowest BCUT2D eigenvalue weighted by Gasteiger charge is -2.30. The Bertz CT molecular complexity index is 2660. The average Bonchev–Trinajstić information content (AvgIpc) is 4.10. The maximum atomic E-state index is 12.5. The first-order valence-electron chi connectivity index (χ1n) is 21.7. The SMILES string of the molecule is COc1ccc(-c2noc(C3CCN(C(=O)CN)CC3)n2)cc1OC.COc1ccc(-c2noc(C3CCN(C(=O)CNC(=O)c4ccc(Cl)cc4)CC3)n2)cc1OC.O=C(O)c1ccc(Cl)cc1. The highest BCUT2D eigenvalue weighted by Crippen LogP contribution is 2.35. The Hall–Kier alpha value is -7.22. The highest BCUT2D eigenvalue weighted by atomic mass is 35.5. The fourth-order valence-electron chi connectivity index (χ4n) is 7.43. The number of ether oxygens (including phenoxy) is 4. The number of benzene rings is 4. The lowest BCUT2D eigenvalue weighted by atomic mass is 9.96. The van der Waals surface area contributed by atoms with Gasteiger partial charge in [0.25, 0.3) is 5.91 Å². The summed E-state index contributed by atoms with van der Waals surface area (Å²) in [7, 11) is 6.32. The second-order valence-corrected chi connectivity index (χ2v) is 16.4. The van der Waals surface area contributed by atoms with Gasteiger partial charge in [-0.3, -0.25) is 14.4 Å². The summed E-state index contributed by atoms with van der Waals surface area (Å²) in [5.41, 5.74) is 7.68. The molecule has 0 unspecified atom stereocenters. The molecule has 4 heterocycles. The highest BCUT2D eigenvalue weighted by molar-refractivity contribution is 6.31. The van der Waals surface area contributed by atoms with Gasteiger partial charge in [0.05, 0.1) is 47.1 Å². The molecule has 0 atom stereocenters. The van der Waals surface area contributed by atoms with Crippen molar-refractivity contribution in [1.29, 1.82) is 0 Å². The maximum Gasteiger partial charge on any atom is 0.335 e. The molecule has 0 bridgehead atoms. The molecule has 2 aliphatic heterocycles. The summed E-state index contributed by atoms with van der Waals surface area (Å²) in [6.45, 7) is 2.41. The Balaban J connectivity index is 0.000000195. The van der Waals surface area contributed by atoms with E-state index in [9.17, 15) is 19.2 Å². The number of halogens is 2. The quantitative estimate of drug-likeness (QED) is 0.105. The number of carboxylic acids is 1. The summed E-state index contributed by atoms with van der Waals surface area (Å²) in [6.07, 6.45) is 2.98. The smallest absolute Gasteiger partial charge is 0.335 e. The summed E-state index contributed by atoms with van der Waals surface area (Å²) in [6, 6.07) is 23.4. The van der Waals surface area contributed by atoms with Crippen molar-refractivity contribution in [2.24, 2.45) is 5.73 Å². The Kier molecular flexibility index (Phi) is 18.3. The van der Waals surface area contributed by atoms with Crippen LogP contribution in [0, 0.1) is 0 Å². The summed E-state index contributed by atoms with van der Waals surface area (Å²) >= 11 is 11.4. The van der Waals surface area contributed by atoms with Gasteiger partial charge in [-0.1, -0.05) is 33.5 Å². The zero-order valence-corrected chi connectivity index (χ0v) is 39.9. The van der Waals surface area contributed by atoms with E-state index in [2.05, 4.69) is 25.6 Å². The number of carbonyl (C=O) groups excluding carboxylic acids is 3. The number of hydrogen-bond donors (Lipinski definition) is 3. The van der Waals surface area contributed by atoms with Crippen molar-refractivity contribution in [3.63, 3.8) is 0 Å². The fraction of sp³-hybridized carbons (Fsp3) is 0.333. The van der Waals surface area contributed by atoms with Crippen LogP contribution in [-0.4, -0.2) is 127 Å². The fourth-order valence-corrected chi connectivity index (χ4v) is 7.68. The van der Waals surface area contributed by atoms with Gasteiger partial charge in [-0.05, 0) is 111 Å². The van der Waals surface area contributed by atoms with E-state index in [0.717, 1.165) is 24.0 Å². The van der Waals surface area contributed by atoms with E-state index in [0.29, 0.717) is 101 Å². The van der Waals surface area contributed by atoms with E-state index in [1.54, 1.807) is 92.8 Å². The van der Waals surface area contributed by atoms with E-state index in [1.807, 2.05) is 18.2 Å². The number of hydrogen-bond acceptors (Lipinski definition) is 15. The van der Waals surface area contributed by atoms with Crippen LogP contribution < -0.4 is 30.0 Å². The van der Waals surface area contributed by atoms with E-state index in [1.165, 1.54) is 12.1 Å². The largest absolute Gasteiger partial charge is 0.493 e. The van der Waals surface area contributed by atoms with E-state index in [4.69, 9.17) is 62.0 Å². The number of likely N-dealkylation sites (tertiary alicyclic amines) is 2. The average molecular weight is 988 g/mol. The van der Waals surface area contributed by atoms with Crippen molar-refractivity contribution in [2.75, 3.05) is 67.7 Å². The number of aromatic carboxylic acids is 1. The van der Waals surface area contributed by atoms with Gasteiger partial charge >= 0.3 is 5.97 Å². The molecular weight excluding hydrogens is 935 g/mol. The van der Waals surface area contributed by atoms with Crippen LogP contribution in [0.15, 0.2) is 94.0 Å². The molecule has 0 spiro atoms. The zero-order chi connectivity index (χ0) is 49.5. The molecule has 4 N–H and O–H groups in total. The van der Waals surface area contributed by atoms with Crippen LogP contribution in [0.1, 0.15) is 70.0 Å². The standard InChI is InChI=1S/C24H25ClN4O5.C17H22N4O4.C7H5ClO2/c1-32-19-8-5-17(13-20(19)33-2)22-27-24(34-28-22)16-9-11-29(12-10-16)21(30)14-26-23(31)15-3-6-18(25)7-4-15;1-23-13-4-3-12(9-14(13)24-2)16-19-17(25-20-16)11-5-7-21(8-6-11)15(22)10-18;8-6-3-1-5(2-4-6)7(9)10/h3-8,13,16H,9-12,14H2,1-2H3,(H,26,31);3-4,9,11H,5-8,10,18H2,1-2H3;1-4H,(H,9,10). The molecule has 6 aromatic rings. The van der Waals surface area contributed by atoms with Crippen LogP contribution in [-0.2, 0) is 9.59 Å². The van der Waals surface area contributed by atoms with Crippen LogP contribution in [0.4, 0.5) is 0 Å². The molecule has 2 aromatic heterocycles. The van der Waals surface area contributed by atoms with Crippen LogP contribution >= 0.6 is 23.2 Å². The summed E-state index contributed by atoms with van der Waals surface area (Å²) in [4.78, 5) is 59.3. The number of carbonyl (C=O) groups is 4. The molecule has 0 radical (unpaired) electrons. The van der Waals surface area contributed by atoms with E-state index < -0.39 is 5.97 Å². The Labute approximate surface area is 407 Å². The molecule has 364 valence electrons. The topological polar surface area (TPSA) is 248 Å². The lowest BCUT2D eigenvalue weighted by molar-refractivity contribution is -0.131. The van der Waals surface area contributed by atoms with Gasteiger partial charge in [0.1, 0.15) is 0 Å². The van der Waals surface area contributed by atoms with Crippen LogP contribution in [0.25, 0.3) is 22.8 Å².